The highest BCUT2D eigenvalue weighted by molar-refractivity contribution is 5.77. The van der Waals surface area contributed by atoms with E-state index in [1.807, 2.05) is 44.2 Å². The van der Waals surface area contributed by atoms with E-state index in [-0.39, 0.29) is 30.2 Å². The second-order valence-corrected chi connectivity index (χ2v) is 8.81. The molecule has 1 aromatic rings. The number of aliphatic hydroxyl groups is 1. The summed E-state index contributed by atoms with van der Waals surface area (Å²) in [6.07, 6.45) is 0.998. The summed E-state index contributed by atoms with van der Waals surface area (Å²) in [7, 11) is 0. The number of benzene rings is 1. The van der Waals surface area contributed by atoms with Gasteiger partial charge in [-0.3, -0.25) is 14.4 Å². The van der Waals surface area contributed by atoms with Gasteiger partial charge in [-0.25, -0.2) is 4.99 Å². The zero-order chi connectivity index (χ0) is 26.7. The second kappa shape index (κ2) is 14.3. The monoisotopic (exact) mass is 493 g/mol. The molecule has 0 aromatic heterocycles. The standard InChI is InChI=1S/C15H28N4O4.C9H11NO2/c1-4-8(5-2)12(18-7(3)20)11-10(19-15(16)17)6-9(13(11)21)14(22)23;10-8(9(11)12)6-7-4-2-1-3-5-7/h8-13,21H,4-6H2,1-3H3,(H,18,20)(H,22,23)(H4,16,17,19);1-5,8H,6,10H2,(H,11,12)/t9-,10+,11+,12-,13+;/m0./s1. The minimum Gasteiger partial charge on any atom is -0.481 e. The van der Waals surface area contributed by atoms with Crippen molar-refractivity contribution in [2.24, 2.45) is 39.9 Å². The van der Waals surface area contributed by atoms with Crippen molar-refractivity contribution in [2.75, 3.05) is 0 Å². The van der Waals surface area contributed by atoms with Crippen LogP contribution in [0.4, 0.5) is 0 Å². The lowest BCUT2D eigenvalue weighted by atomic mass is 9.80. The van der Waals surface area contributed by atoms with Crippen LogP contribution in [0.15, 0.2) is 35.3 Å². The highest BCUT2D eigenvalue weighted by atomic mass is 16.4. The molecule has 1 unspecified atom stereocenters. The van der Waals surface area contributed by atoms with Crippen molar-refractivity contribution in [1.82, 2.24) is 5.32 Å². The fraction of sp³-hybridized carbons (Fsp3) is 0.583. The molecule has 0 saturated heterocycles. The maximum Gasteiger partial charge on any atom is 0.320 e. The molecule has 10 N–H and O–H groups in total. The molecule has 1 amide bonds. The number of hydrogen-bond donors (Lipinski definition) is 7. The van der Waals surface area contributed by atoms with Crippen LogP contribution in [0.1, 0.15) is 45.6 Å². The molecule has 6 atom stereocenters. The Balaban J connectivity index is 0.000000427. The summed E-state index contributed by atoms with van der Waals surface area (Å²) in [4.78, 5) is 37.5. The molecule has 0 radical (unpaired) electrons. The molecule has 196 valence electrons. The first-order valence-corrected chi connectivity index (χ1v) is 11.7. The van der Waals surface area contributed by atoms with Crippen molar-refractivity contribution in [2.45, 2.75) is 70.7 Å². The van der Waals surface area contributed by atoms with Gasteiger partial charge in [-0.15, -0.1) is 0 Å². The molecule has 11 heteroatoms. The largest absolute Gasteiger partial charge is 0.481 e. The number of carboxylic acids is 2. The molecule has 1 aliphatic rings. The molecule has 1 fully saturated rings. The van der Waals surface area contributed by atoms with E-state index in [9.17, 15) is 24.6 Å². The van der Waals surface area contributed by atoms with E-state index < -0.39 is 42.0 Å². The molecule has 1 saturated carbocycles. The number of nitrogens with zero attached hydrogens (tertiary/aromatic N) is 1. The van der Waals surface area contributed by atoms with E-state index in [1.165, 1.54) is 6.92 Å². The zero-order valence-electron chi connectivity index (χ0n) is 20.5. The highest BCUT2D eigenvalue weighted by Gasteiger charge is 2.50. The zero-order valence-corrected chi connectivity index (χ0v) is 20.5. The van der Waals surface area contributed by atoms with E-state index in [2.05, 4.69) is 10.3 Å². The molecule has 0 heterocycles. The summed E-state index contributed by atoms with van der Waals surface area (Å²) in [5.74, 6) is -3.80. The fourth-order valence-corrected chi connectivity index (χ4v) is 4.60. The van der Waals surface area contributed by atoms with Gasteiger partial charge in [0.1, 0.15) is 6.04 Å². The molecule has 2 rings (SSSR count). The van der Waals surface area contributed by atoms with Gasteiger partial charge in [0, 0.05) is 18.9 Å². The lowest BCUT2D eigenvalue weighted by Gasteiger charge is -2.35. The van der Waals surface area contributed by atoms with Crippen LogP contribution in [-0.2, 0) is 20.8 Å². The van der Waals surface area contributed by atoms with E-state index in [4.69, 9.17) is 22.3 Å². The molecule has 1 aromatic carbocycles. The number of carbonyl (C=O) groups excluding carboxylic acids is 1. The summed E-state index contributed by atoms with van der Waals surface area (Å²) in [5.41, 5.74) is 17.2. The predicted octanol–water partition coefficient (Wildman–Crippen LogP) is 0.292. The van der Waals surface area contributed by atoms with Gasteiger partial charge < -0.3 is 37.8 Å². The number of hydrogen-bond acceptors (Lipinski definition) is 6. The third-order valence-electron chi connectivity index (χ3n) is 6.34. The van der Waals surface area contributed by atoms with Gasteiger partial charge in [-0.05, 0) is 24.3 Å². The number of rotatable bonds is 10. The average Bonchev–Trinajstić information content (AvgIpc) is 3.09. The Kier molecular flexibility index (Phi) is 12.2. The Morgan fingerprint density at radius 1 is 1.11 bits per heavy atom. The number of nitrogens with two attached hydrogens (primary N) is 3. The number of guanidine groups is 1. The minimum absolute atomic E-state index is 0.0998. The topological polar surface area (TPSA) is 214 Å². The van der Waals surface area contributed by atoms with Crippen LogP contribution in [0.3, 0.4) is 0 Å². The van der Waals surface area contributed by atoms with Crippen LogP contribution in [0, 0.1) is 17.8 Å². The van der Waals surface area contributed by atoms with Crippen LogP contribution in [0.2, 0.25) is 0 Å². The minimum atomic E-state index is -1.11. The molecule has 1 aliphatic carbocycles. The van der Waals surface area contributed by atoms with E-state index >= 15 is 0 Å². The smallest absolute Gasteiger partial charge is 0.320 e. The molecule has 0 bridgehead atoms. The Labute approximate surface area is 205 Å². The van der Waals surface area contributed by atoms with Crippen molar-refractivity contribution >= 4 is 23.8 Å². The average molecular weight is 494 g/mol. The van der Waals surface area contributed by atoms with Gasteiger partial charge in [-0.1, -0.05) is 57.0 Å². The number of aliphatic imine (C=N–C) groups is 1. The van der Waals surface area contributed by atoms with Crippen LogP contribution >= 0.6 is 0 Å². The van der Waals surface area contributed by atoms with E-state index in [1.54, 1.807) is 0 Å². The summed E-state index contributed by atoms with van der Waals surface area (Å²) in [6, 6.07) is 7.63. The first kappa shape index (κ1) is 29.9. The Hall–Kier alpha value is -3.18. The predicted molar refractivity (Wildman–Crippen MR) is 132 cm³/mol. The van der Waals surface area contributed by atoms with Crippen LogP contribution in [0.5, 0.6) is 0 Å². The number of amides is 1. The van der Waals surface area contributed by atoms with Gasteiger partial charge in [-0.2, -0.15) is 0 Å². The first-order chi connectivity index (χ1) is 16.4. The third kappa shape index (κ3) is 9.18. The van der Waals surface area contributed by atoms with Gasteiger partial charge in [0.15, 0.2) is 5.96 Å². The van der Waals surface area contributed by atoms with Crippen molar-refractivity contribution in [1.29, 1.82) is 0 Å². The number of carboxylic acid groups (broad SMARTS) is 2. The third-order valence-corrected chi connectivity index (χ3v) is 6.34. The van der Waals surface area contributed by atoms with Crippen molar-refractivity contribution in [3.05, 3.63) is 35.9 Å². The summed E-state index contributed by atoms with van der Waals surface area (Å²) in [5, 5.41) is 31.2. The first-order valence-electron chi connectivity index (χ1n) is 11.7. The van der Waals surface area contributed by atoms with Crippen LogP contribution in [0.25, 0.3) is 0 Å². The maximum atomic E-state index is 11.6. The maximum absolute atomic E-state index is 11.6. The number of carbonyl (C=O) groups is 3. The summed E-state index contributed by atoms with van der Waals surface area (Å²) in [6.45, 7) is 5.39. The van der Waals surface area contributed by atoms with Gasteiger partial charge in [0.2, 0.25) is 5.91 Å². The summed E-state index contributed by atoms with van der Waals surface area (Å²) >= 11 is 0. The van der Waals surface area contributed by atoms with Gasteiger partial charge >= 0.3 is 11.9 Å². The number of aliphatic carboxylic acids is 2. The number of aliphatic hydroxyl groups excluding tert-OH is 1. The van der Waals surface area contributed by atoms with Gasteiger partial charge in [0.05, 0.1) is 18.1 Å². The second-order valence-electron chi connectivity index (χ2n) is 8.81. The number of nitrogens with one attached hydrogen (secondary N) is 1. The normalized spacial score (nSPS) is 22.9. The molecular weight excluding hydrogens is 454 g/mol. The lowest BCUT2D eigenvalue weighted by molar-refractivity contribution is -0.145. The van der Waals surface area contributed by atoms with Crippen molar-refractivity contribution in [3.63, 3.8) is 0 Å². The van der Waals surface area contributed by atoms with Crippen molar-refractivity contribution < 1.29 is 29.7 Å². The lowest BCUT2D eigenvalue weighted by Crippen LogP contribution is -2.51. The summed E-state index contributed by atoms with van der Waals surface area (Å²) < 4.78 is 0. The van der Waals surface area contributed by atoms with Gasteiger partial charge in [0.25, 0.3) is 0 Å². The van der Waals surface area contributed by atoms with E-state index in [0.717, 1.165) is 18.4 Å². The molecule has 35 heavy (non-hydrogen) atoms. The fourth-order valence-electron chi connectivity index (χ4n) is 4.60. The van der Waals surface area contributed by atoms with Crippen LogP contribution in [-0.4, -0.2) is 63.4 Å². The molecule has 11 nitrogen and oxygen atoms in total. The molecule has 0 spiro atoms. The van der Waals surface area contributed by atoms with Crippen molar-refractivity contribution in [3.8, 4) is 0 Å². The quantitative estimate of drug-likeness (QED) is 0.176. The SMILES string of the molecule is CCC(CC)[C@H](NC(C)=O)[C@@H]1[C@H](O)[C@@H](C(=O)O)C[C@H]1N=C(N)N.NC(Cc1ccccc1)C(=O)O. The van der Waals surface area contributed by atoms with E-state index in [0.29, 0.717) is 6.42 Å². The highest BCUT2D eigenvalue weighted by Crippen LogP contribution is 2.39. The Morgan fingerprint density at radius 3 is 2.11 bits per heavy atom. The Morgan fingerprint density at radius 2 is 1.69 bits per heavy atom. The molecular formula is C24H39N5O6. The molecule has 0 aliphatic heterocycles. The van der Waals surface area contributed by atoms with Crippen LogP contribution < -0.4 is 22.5 Å². The Bertz CT molecular complexity index is 857.